The highest BCUT2D eigenvalue weighted by Gasteiger charge is 2.35. The van der Waals surface area contributed by atoms with Gasteiger partial charge in [-0.15, -0.1) is 0 Å². The van der Waals surface area contributed by atoms with Gasteiger partial charge >= 0.3 is 0 Å². The Morgan fingerprint density at radius 1 is 0.944 bits per heavy atom. The van der Waals surface area contributed by atoms with Gasteiger partial charge in [-0.25, -0.2) is 4.39 Å². The molecule has 0 atom stereocenters. The predicted molar refractivity (Wildman–Crippen MR) is 137 cm³/mol. The number of rotatable bonds is 4. The number of allylic oxidation sites excluding steroid dienone is 1. The second kappa shape index (κ2) is 9.10. The molecule has 0 radical (unpaired) electrons. The van der Waals surface area contributed by atoms with E-state index in [4.69, 9.17) is 9.47 Å². The van der Waals surface area contributed by atoms with Crippen LogP contribution in [0.2, 0.25) is 0 Å². The van der Waals surface area contributed by atoms with E-state index in [-0.39, 0.29) is 11.6 Å². The van der Waals surface area contributed by atoms with Gasteiger partial charge in [0.05, 0.1) is 11.1 Å². The molecule has 0 fully saturated rings. The number of carbonyl (C=O) groups is 1. The minimum atomic E-state index is -0.256. The van der Waals surface area contributed by atoms with Crippen LogP contribution in [0.15, 0.2) is 90.7 Å². The Morgan fingerprint density at radius 3 is 2.42 bits per heavy atom. The molecule has 178 valence electrons. The lowest BCUT2D eigenvalue weighted by atomic mass is 9.98. The van der Waals surface area contributed by atoms with E-state index in [9.17, 15) is 9.18 Å². The van der Waals surface area contributed by atoms with Crippen molar-refractivity contribution in [2.24, 2.45) is 0 Å². The van der Waals surface area contributed by atoms with E-state index in [0.717, 1.165) is 39.1 Å². The summed E-state index contributed by atoms with van der Waals surface area (Å²) in [6.45, 7) is 3.49. The molecule has 0 bridgehead atoms. The van der Waals surface area contributed by atoms with Gasteiger partial charge in [0.1, 0.15) is 24.0 Å². The van der Waals surface area contributed by atoms with Crippen molar-refractivity contribution in [3.8, 4) is 22.6 Å². The smallest absolute Gasteiger partial charge is 0.232 e. The summed E-state index contributed by atoms with van der Waals surface area (Å²) in [4.78, 5) is 15.4. The van der Waals surface area contributed by atoms with Crippen molar-refractivity contribution < 1.29 is 18.7 Å². The first kappa shape index (κ1) is 22.3. The van der Waals surface area contributed by atoms with Crippen molar-refractivity contribution in [1.82, 2.24) is 4.90 Å². The molecule has 0 spiro atoms. The van der Waals surface area contributed by atoms with Crippen LogP contribution in [0, 0.1) is 12.7 Å². The highest BCUT2D eigenvalue weighted by atomic mass is 19.1. The number of hydrogen-bond acceptors (Lipinski definition) is 4. The quantitative estimate of drug-likeness (QED) is 0.304. The fourth-order valence-corrected chi connectivity index (χ4v) is 4.78. The minimum Gasteiger partial charge on any atom is -0.478 e. The summed E-state index contributed by atoms with van der Waals surface area (Å²) in [5, 5.41) is 0. The zero-order chi connectivity index (χ0) is 24.6. The monoisotopic (exact) mass is 477 g/mol. The Balaban J connectivity index is 1.26. The summed E-state index contributed by atoms with van der Waals surface area (Å²) in [6, 6.07) is 26.6. The van der Waals surface area contributed by atoms with E-state index in [2.05, 4.69) is 17.0 Å². The SMILES string of the molecule is Cc1cc2c(c3c1C(=O)/C(=C/c1ccc(-c4ccccc4)cc1)O3)CN(Cc1ccc(F)cc1)CO2. The Bertz CT molecular complexity index is 1480. The number of halogens is 1. The first-order chi connectivity index (χ1) is 17.5. The predicted octanol–water partition coefficient (Wildman–Crippen LogP) is 6.77. The van der Waals surface area contributed by atoms with Crippen LogP contribution in [0.4, 0.5) is 4.39 Å². The van der Waals surface area contributed by atoms with Crippen molar-refractivity contribution in [2.75, 3.05) is 6.73 Å². The van der Waals surface area contributed by atoms with E-state index >= 15 is 0 Å². The second-order valence-electron chi connectivity index (χ2n) is 9.19. The van der Waals surface area contributed by atoms with Crippen LogP contribution >= 0.6 is 0 Å². The first-order valence-corrected chi connectivity index (χ1v) is 11.9. The van der Waals surface area contributed by atoms with Crippen molar-refractivity contribution in [2.45, 2.75) is 20.0 Å². The normalized spacial score (nSPS) is 15.8. The van der Waals surface area contributed by atoms with Gasteiger partial charge in [-0.05, 0) is 59.0 Å². The zero-order valence-corrected chi connectivity index (χ0v) is 19.8. The van der Waals surface area contributed by atoms with Crippen LogP contribution in [0.25, 0.3) is 17.2 Å². The average molecular weight is 478 g/mol. The van der Waals surface area contributed by atoms with Gasteiger partial charge in [0.25, 0.3) is 0 Å². The fourth-order valence-electron chi connectivity index (χ4n) is 4.78. The van der Waals surface area contributed by atoms with E-state index in [1.807, 2.05) is 55.5 Å². The number of ether oxygens (including phenoxy) is 2. The number of ketones is 1. The third-order valence-electron chi connectivity index (χ3n) is 6.62. The number of hydrogen-bond donors (Lipinski definition) is 0. The molecule has 0 aliphatic carbocycles. The molecule has 2 aliphatic heterocycles. The maximum absolute atomic E-state index is 13.3. The molecule has 5 heteroatoms. The number of nitrogens with zero attached hydrogens (tertiary/aromatic N) is 1. The van der Waals surface area contributed by atoms with E-state index in [1.165, 1.54) is 12.1 Å². The molecule has 4 aromatic carbocycles. The standard InChI is InChI=1S/C31H24FNO3/c1-20-15-27-26(18-33(19-35-27)17-22-9-13-25(32)14-10-22)31-29(20)30(34)28(36-31)16-21-7-11-24(12-8-21)23-5-3-2-4-6-23/h2-16H,17-19H2,1H3/b28-16-. The van der Waals surface area contributed by atoms with Gasteiger partial charge in [0, 0.05) is 13.1 Å². The summed E-state index contributed by atoms with van der Waals surface area (Å²) < 4.78 is 25.5. The lowest BCUT2D eigenvalue weighted by Crippen LogP contribution is -2.31. The Morgan fingerprint density at radius 2 is 1.67 bits per heavy atom. The highest BCUT2D eigenvalue weighted by Crippen LogP contribution is 2.44. The van der Waals surface area contributed by atoms with Gasteiger partial charge < -0.3 is 9.47 Å². The summed E-state index contributed by atoms with van der Waals surface area (Å²) >= 11 is 0. The van der Waals surface area contributed by atoms with E-state index in [0.29, 0.717) is 36.9 Å². The van der Waals surface area contributed by atoms with Crippen molar-refractivity contribution >= 4 is 11.9 Å². The Labute approximate surface area is 209 Å². The maximum atomic E-state index is 13.3. The first-order valence-electron chi connectivity index (χ1n) is 11.9. The molecule has 0 unspecified atom stereocenters. The molecule has 0 aromatic heterocycles. The lowest BCUT2D eigenvalue weighted by molar-refractivity contribution is 0.0872. The van der Waals surface area contributed by atoms with Crippen LogP contribution in [0.5, 0.6) is 11.5 Å². The van der Waals surface area contributed by atoms with Gasteiger partial charge in [-0.1, -0.05) is 66.7 Å². The summed E-state index contributed by atoms with van der Waals surface area (Å²) in [5.74, 6) is 1.25. The van der Waals surface area contributed by atoms with E-state index < -0.39 is 0 Å². The number of fused-ring (bicyclic) bond motifs is 3. The van der Waals surface area contributed by atoms with Crippen molar-refractivity contribution in [3.63, 3.8) is 0 Å². The molecule has 6 rings (SSSR count). The summed E-state index contributed by atoms with van der Waals surface area (Å²) in [5.41, 5.74) is 6.43. The van der Waals surface area contributed by atoms with Gasteiger partial charge in [0.15, 0.2) is 5.76 Å². The van der Waals surface area contributed by atoms with Crippen LogP contribution in [-0.4, -0.2) is 17.4 Å². The van der Waals surface area contributed by atoms with Crippen molar-refractivity contribution in [3.05, 3.63) is 124 Å². The largest absolute Gasteiger partial charge is 0.478 e. The van der Waals surface area contributed by atoms with Gasteiger partial charge in [-0.3, -0.25) is 9.69 Å². The minimum absolute atomic E-state index is 0.118. The fraction of sp³-hybridized carbons (Fsp3) is 0.129. The summed E-state index contributed by atoms with van der Waals surface area (Å²) in [7, 11) is 0. The zero-order valence-electron chi connectivity index (χ0n) is 19.8. The summed E-state index contributed by atoms with van der Waals surface area (Å²) in [6.07, 6.45) is 1.79. The Hall–Kier alpha value is -4.22. The van der Waals surface area contributed by atoms with Crippen LogP contribution in [0.3, 0.4) is 0 Å². The lowest BCUT2D eigenvalue weighted by Gasteiger charge is -2.30. The van der Waals surface area contributed by atoms with Crippen molar-refractivity contribution in [1.29, 1.82) is 0 Å². The molecule has 4 aromatic rings. The topological polar surface area (TPSA) is 38.8 Å². The number of carbonyl (C=O) groups excluding carboxylic acids is 1. The molecule has 0 saturated heterocycles. The molecular formula is C31H24FNO3. The molecule has 0 saturated carbocycles. The number of Topliss-reactive ketones (excluding diaryl/α,β-unsaturated/α-hetero) is 1. The molecule has 36 heavy (non-hydrogen) atoms. The third kappa shape index (κ3) is 4.18. The maximum Gasteiger partial charge on any atom is 0.232 e. The average Bonchev–Trinajstić information content (AvgIpc) is 3.23. The molecule has 4 nitrogen and oxygen atoms in total. The number of benzene rings is 4. The third-order valence-corrected chi connectivity index (χ3v) is 6.62. The number of aryl methyl sites for hydroxylation is 1. The van der Waals surface area contributed by atoms with Gasteiger partial charge in [0.2, 0.25) is 5.78 Å². The Kier molecular flexibility index (Phi) is 5.62. The second-order valence-corrected chi connectivity index (χ2v) is 9.19. The van der Waals surface area contributed by atoms with Crippen LogP contribution in [0.1, 0.15) is 32.6 Å². The molecular weight excluding hydrogens is 453 g/mol. The van der Waals surface area contributed by atoms with Crippen LogP contribution < -0.4 is 9.47 Å². The highest BCUT2D eigenvalue weighted by molar-refractivity contribution is 6.15. The molecule has 0 N–H and O–H groups in total. The molecule has 2 aliphatic rings. The van der Waals surface area contributed by atoms with E-state index in [1.54, 1.807) is 18.2 Å². The molecule has 2 heterocycles. The van der Waals surface area contributed by atoms with Gasteiger partial charge in [-0.2, -0.15) is 0 Å². The van der Waals surface area contributed by atoms with Crippen LogP contribution in [-0.2, 0) is 13.1 Å². The molecule has 0 amide bonds.